The molecule has 1 aliphatic rings. The summed E-state index contributed by atoms with van der Waals surface area (Å²) in [6, 6.07) is 83.0. The van der Waals surface area contributed by atoms with E-state index in [-0.39, 0.29) is 5.41 Å². The van der Waals surface area contributed by atoms with Crippen LogP contribution in [-0.2, 0) is 5.41 Å². The van der Waals surface area contributed by atoms with Crippen LogP contribution >= 0.6 is 0 Å². The standard InChI is InChI=1S/C61H43N/c1-61(2)58-20-9-7-17-56(58)57-37-30-46(39-59(57)61)53-16-8-10-21-60(53)62(47-31-24-40(25-32-47)44-29-35-52-45(38-44)23-22-41-12-3-5-14-49(41)52)48-33-26-43(27-34-48)51-18-11-19-54-50-15-6-4-13-42(50)28-36-55(51)54/h3-39H,1-2H3. The summed E-state index contributed by atoms with van der Waals surface area (Å²) in [4.78, 5) is 2.43. The Labute approximate surface area is 362 Å². The second-order valence-electron chi connectivity index (χ2n) is 17.3. The highest BCUT2D eigenvalue weighted by molar-refractivity contribution is 6.12. The van der Waals surface area contributed by atoms with Crippen LogP contribution < -0.4 is 4.90 Å². The second-order valence-corrected chi connectivity index (χ2v) is 17.3. The lowest BCUT2D eigenvalue weighted by Gasteiger charge is -2.29. The summed E-state index contributed by atoms with van der Waals surface area (Å²) in [5.41, 5.74) is 15.9. The van der Waals surface area contributed by atoms with Crippen LogP contribution in [0.25, 0.3) is 87.6 Å². The summed E-state index contributed by atoms with van der Waals surface area (Å²) >= 11 is 0. The van der Waals surface area contributed by atoms with E-state index in [1.54, 1.807) is 0 Å². The van der Waals surface area contributed by atoms with Crippen molar-refractivity contribution in [3.63, 3.8) is 0 Å². The minimum atomic E-state index is -0.0913. The van der Waals surface area contributed by atoms with E-state index in [1.165, 1.54) is 98.7 Å². The number of fused-ring (bicyclic) bond motifs is 9. The van der Waals surface area contributed by atoms with E-state index in [9.17, 15) is 0 Å². The molecule has 0 bridgehead atoms. The molecule has 11 aromatic carbocycles. The van der Waals surface area contributed by atoms with Crippen molar-refractivity contribution in [2.24, 2.45) is 0 Å². The summed E-state index contributed by atoms with van der Waals surface area (Å²) < 4.78 is 0. The van der Waals surface area contributed by atoms with Gasteiger partial charge >= 0.3 is 0 Å². The highest BCUT2D eigenvalue weighted by atomic mass is 15.1. The Bertz CT molecular complexity index is 3540. The van der Waals surface area contributed by atoms with E-state index in [1.807, 2.05) is 0 Å². The van der Waals surface area contributed by atoms with Crippen LogP contribution in [-0.4, -0.2) is 0 Å². The molecule has 0 heterocycles. The number of benzene rings is 11. The molecule has 0 radical (unpaired) electrons. The summed E-state index contributed by atoms with van der Waals surface area (Å²) in [6.07, 6.45) is 0. The number of hydrogen-bond donors (Lipinski definition) is 0. The molecule has 1 aliphatic carbocycles. The molecule has 0 fully saturated rings. The van der Waals surface area contributed by atoms with Gasteiger partial charge in [-0.1, -0.05) is 196 Å². The summed E-state index contributed by atoms with van der Waals surface area (Å²) in [5.74, 6) is 0. The van der Waals surface area contributed by atoms with Crippen molar-refractivity contribution in [2.45, 2.75) is 19.3 Å². The zero-order valence-electron chi connectivity index (χ0n) is 34.8. The number of nitrogens with zero attached hydrogens (tertiary/aromatic N) is 1. The van der Waals surface area contributed by atoms with E-state index in [0.29, 0.717) is 0 Å². The van der Waals surface area contributed by atoms with Gasteiger partial charge in [-0.05, 0) is 136 Å². The normalized spacial score (nSPS) is 12.8. The van der Waals surface area contributed by atoms with E-state index < -0.39 is 0 Å². The highest BCUT2D eigenvalue weighted by Crippen LogP contribution is 2.51. The third kappa shape index (κ3) is 5.77. The zero-order chi connectivity index (χ0) is 41.4. The van der Waals surface area contributed by atoms with Gasteiger partial charge in [-0.25, -0.2) is 0 Å². The summed E-state index contributed by atoms with van der Waals surface area (Å²) in [7, 11) is 0. The molecule has 0 aliphatic heterocycles. The van der Waals surface area contributed by atoms with Gasteiger partial charge in [0.05, 0.1) is 5.69 Å². The Morgan fingerprint density at radius 3 is 1.58 bits per heavy atom. The molecule has 0 unspecified atom stereocenters. The molecule has 0 aromatic heterocycles. The summed E-state index contributed by atoms with van der Waals surface area (Å²) in [5, 5.41) is 10.2. The molecule has 0 N–H and O–H groups in total. The number of hydrogen-bond acceptors (Lipinski definition) is 1. The molecule has 0 amide bonds. The molecule has 1 heteroatoms. The quantitative estimate of drug-likeness (QED) is 0.152. The fraction of sp³-hybridized carbons (Fsp3) is 0.0492. The average molecular weight is 790 g/mol. The van der Waals surface area contributed by atoms with Gasteiger partial charge in [0.15, 0.2) is 0 Å². The lowest BCUT2D eigenvalue weighted by molar-refractivity contribution is 0.660. The Balaban J connectivity index is 0.978. The maximum absolute atomic E-state index is 2.44. The van der Waals surface area contributed by atoms with Crippen molar-refractivity contribution < 1.29 is 0 Å². The Morgan fingerprint density at radius 2 is 0.806 bits per heavy atom. The van der Waals surface area contributed by atoms with Crippen LogP contribution in [0.3, 0.4) is 0 Å². The second kappa shape index (κ2) is 14.2. The Hall–Kier alpha value is -7.74. The number of rotatable bonds is 6. The molecule has 1 nitrogen and oxygen atoms in total. The molecule has 0 saturated heterocycles. The fourth-order valence-corrected chi connectivity index (χ4v) is 10.3. The minimum Gasteiger partial charge on any atom is -0.310 e. The van der Waals surface area contributed by atoms with Gasteiger partial charge in [-0.2, -0.15) is 0 Å². The van der Waals surface area contributed by atoms with Crippen molar-refractivity contribution in [3.05, 3.63) is 236 Å². The molecular formula is C61H43N. The molecule has 0 saturated carbocycles. The zero-order valence-corrected chi connectivity index (χ0v) is 34.8. The first-order valence-electron chi connectivity index (χ1n) is 21.7. The first-order chi connectivity index (χ1) is 30.5. The van der Waals surface area contributed by atoms with Gasteiger partial charge in [0.1, 0.15) is 0 Å². The topological polar surface area (TPSA) is 3.24 Å². The maximum Gasteiger partial charge on any atom is 0.0540 e. The molecule has 12 rings (SSSR count). The number of anilines is 3. The Kier molecular flexibility index (Phi) is 8.27. The summed E-state index contributed by atoms with van der Waals surface area (Å²) in [6.45, 7) is 4.72. The molecular weight excluding hydrogens is 747 g/mol. The third-order valence-electron chi connectivity index (χ3n) is 13.5. The van der Waals surface area contributed by atoms with Gasteiger partial charge in [0, 0.05) is 22.4 Å². The lowest BCUT2D eigenvalue weighted by atomic mass is 9.81. The van der Waals surface area contributed by atoms with Crippen LogP contribution in [0.4, 0.5) is 17.1 Å². The van der Waals surface area contributed by atoms with E-state index in [4.69, 9.17) is 0 Å². The van der Waals surface area contributed by atoms with Crippen molar-refractivity contribution in [3.8, 4) is 44.5 Å². The van der Waals surface area contributed by atoms with Crippen LogP contribution in [0.5, 0.6) is 0 Å². The van der Waals surface area contributed by atoms with E-state index in [2.05, 4.69) is 243 Å². The van der Waals surface area contributed by atoms with Gasteiger partial charge in [-0.15, -0.1) is 0 Å². The largest absolute Gasteiger partial charge is 0.310 e. The van der Waals surface area contributed by atoms with Gasteiger partial charge in [0.2, 0.25) is 0 Å². The van der Waals surface area contributed by atoms with Crippen molar-refractivity contribution in [1.29, 1.82) is 0 Å². The number of para-hydroxylation sites is 1. The smallest absolute Gasteiger partial charge is 0.0540 e. The lowest BCUT2D eigenvalue weighted by Crippen LogP contribution is -2.15. The van der Waals surface area contributed by atoms with Crippen LogP contribution in [0.2, 0.25) is 0 Å². The average Bonchev–Trinajstić information content (AvgIpc) is 3.56. The monoisotopic (exact) mass is 789 g/mol. The molecule has 62 heavy (non-hydrogen) atoms. The first-order valence-corrected chi connectivity index (χ1v) is 21.7. The highest BCUT2D eigenvalue weighted by Gasteiger charge is 2.35. The van der Waals surface area contributed by atoms with Crippen LogP contribution in [0.15, 0.2) is 224 Å². The molecule has 0 atom stereocenters. The predicted octanol–water partition coefficient (Wildman–Crippen LogP) is 17.1. The van der Waals surface area contributed by atoms with Gasteiger partial charge in [-0.3, -0.25) is 0 Å². The first kappa shape index (κ1) is 36.1. The maximum atomic E-state index is 2.44. The Morgan fingerprint density at radius 1 is 0.290 bits per heavy atom. The molecule has 11 aromatic rings. The van der Waals surface area contributed by atoms with Crippen molar-refractivity contribution >= 4 is 60.2 Å². The van der Waals surface area contributed by atoms with Crippen LogP contribution in [0.1, 0.15) is 25.0 Å². The van der Waals surface area contributed by atoms with E-state index in [0.717, 1.165) is 17.1 Å². The van der Waals surface area contributed by atoms with Gasteiger partial charge in [0.25, 0.3) is 0 Å². The molecule has 0 spiro atoms. The fourth-order valence-electron chi connectivity index (χ4n) is 10.3. The van der Waals surface area contributed by atoms with Crippen LogP contribution in [0, 0.1) is 0 Å². The SMILES string of the molecule is CC1(C)c2ccccc2-c2ccc(-c3ccccc3N(c3ccc(-c4ccc5c(ccc6ccccc65)c4)cc3)c3ccc(-c4cccc5c4ccc4ccccc45)cc3)cc21. The van der Waals surface area contributed by atoms with E-state index >= 15 is 0 Å². The minimum absolute atomic E-state index is 0.0913. The van der Waals surface area contributed by atoms with Crippen molar-refractivity contribution in [2.75, 3.05) is 4.90 Å². The third-order valence-corrected chi connectivity index (χ3v) is 13.5. The van der Waals surface area contributed by atoms with Crippen molar-refractivity contribution in [1.82, 2.24) is 0 Å². The molecule has 292 valence electrons. The predicted molar refractivity (Wildman–Crippen MR) is 265 cm³/mol. The van der Waals surface area contributed by atoms with Gasteiger partial charge < -0.3 is 4.90 Å².